The van der Waals surface area contributed by atoms with Crippen LogP contribution in [0.2, 0.25) is 0 Å². The maximum atomic E-state index is 13.1. The van der Waals surface area contributed by atoms with Crippen molar-refractivity contribution in [2.24, 2.45) is 11.8 Å². The Morgan fingerprint density at radius 1 is 0.301 bits per heavy atom. The number of ether oxygens (including phenoxy) is 4. The number of carbonyl (C=O) groups excluding carboxylic acids is 4. The van der Waals surface area contributed by atoms with Crippen LogP contribution in [-0.4, -0.2) is 96.7 Å². The quantitative estimate of drug-likeness (QED) is 0.0222. The molecule has 0 heterocycles. The van der Waals surface area contributed by atoms with Crippen LogP contribution in [-0.2, 0) is 65.4 Å². The Hall–Kier alpha value is -1.94. The highest BCUT2D eigenvalue weighted by Gasteiger charge is 2.30. The number of hydrogen-bond acceptors (Lipinski definition) is 15. The lowest BCUT2D eigenvalue weighted by Gasteiger charge is -2.21. The second-order valence-electron chi connectivity index (χ2n) is 27.2. The van der Waals surface area contributed by atoms with E-state index in [1.807, 2.05) is 0 Å². The molecule has 7 atom stereocenters. The molecule has 0 radical (unpaired) electrons. The molecule has 552 valence electrons. The predicted molar refractivity (Wildman–Crippen MR) is 377 cm³/mol. The number of rotatable bonds is 73. The first-order valence-electron chi connectivity index (χ1n) is 38.6. The largest absolute Gasteiger partial charge is 0.472 e. The van der Waals surface area contributed by atoms with Crippen LogP contribution in [0.25, 0.3) is 0 Å². The molecule has 0 aliphatic heterocycles. The second-order valence-corrected chi connectivity index (χ2v) is 30.1. The normalized spacial score (nSPS) is 14.6. The molecule has 4 unspecified atom stereocenters. The summed E-state index contributed by atoms with van der Waals surface area (Å²) in [6.07, 6.45) is 52.7. The second kappa shape index (κ2) is 66.0. The molecule has 0 aliphatic carbocycles. The first-order valence-corrected chi connectivity index (χ1v) is 41.6. The van der Waals surface area contributed by atoms with Crippen LogP contribution in [0.15, 0.2) is 0 Å². The molecule has 17 nitrogen and oxygen atoms in total. The van der Waals surface area contributed by atoms with Gasteiger partial charge < -0.3 is 33.8 Å². The van der Waals surface area contributed by atoms with Gasteiger partial charge in [-0.15, -0.1) is 0 Å². The zero-order valence-corrected chi connectivity index (χ0v) is 62.3. The fraction of sp³-hybridized carbons (Fsp3) is 0.946. The summed E-state index contributed by atoms with van der Waals surface area (Å²) in [4.78, 5) is 72.6. The molecule has 3 N–H and O–H groups in total. The molecule has 0 fully saturated rings. The Kier molecular flexibility index (Phi) is 64.6. The molecule has 0 aromatic carbocycles. The molecule has 0 saturated heterocycles. The van der Waals surface area contributed by atoms with Gasteiger partial charge in [-0.2, -0.15) is 0 Å². The maximum Gasteiger partial charge on any atom is 0.472 e. The van der Waals surface area contributed by atoms with Crippen LogP contribution >= 0.6 is 15.6 Å². The first-order chi connectivity index (χ1) is 44.9. The molecule has 93 heavy (non-hydrogen) atoms. The van der Waals surface area contributed by atoms with Crippen molar-refractivity contribution in [1.82, 2.24) is 0 Å². The van der Waals surface area contributed by atoms with Gasteiger partial charge in [0.2, 0.25) is 0 Å². The van der Waals surface area contributed by atoms with Crippen LogP contribution in [0.1, 0.15) is 382 Å². The molecule has 0 aromatic rings. The molecule has 0 amide bonds. The van der Waals surface area contributed by atoms with E-state index in [1.165, 1.54) is 199 Å². The smallest absolute Gasteiger partial charge is 0.462 e. The van der Waals surface area contributed by atoms with E-state index < -0.39 is 97.5 Å². The third kappa shape index (κ3) is 65.8. The minimum atomic E-state index is -4.95. The van der Waals surface area contributed by atoms with Gasteiger partial charge in [0.1, 0.15) is 19.3 Å². The van der Waals surface area contributed by atoms with Crippen molar-refractivity contribution >= 4 is 39.5 Å². The SMILES string of the molecule is CCCCCCCCCCCCCCCCCCCCCCC(=O)O[C@H](COC(=O)CCCCCCCCCCC(C)CC)COP(=O)(O)OC[C@@H](O)COP(=O)(O)OC[C@@H](COC(=O)CCCCCCCCCCC)OC(=O)CCCCCCCCCCC(C)CC. The number of carbonyl (C=O) groups is 4. The Morgan fingerprint density at radius 3 is 0.763 bits per heavy atom. The minimum Gasteiger partial charge on any atom is -0.462 e. The number of phosphoric acid groups is 2. The summed E-state index contributed by atoms with van der Waals surface area (Å²) >= 11 is 0. The Bertz CT molecular complexity index is 1810. The highest BCUT2D eigenvalue weighted by Crippen LogP contribution is 2.45. The van der Waals surface area contributed by atoms with E-state index in [-0.39, 0.29) is 25.7 Å². The summed E-state index contributed by atoms with van der Waals surface area (Å²) in [7, 11) is -9.91. The Morgan fingerprint density at radius 2 is 0.516 bits per heavy atom. The average Bonchev–Trinajstić information content (AvgIpc) is 2.25. The van der Waals surface area contributed by atoms with Crippen molar-refractivity contribution in [3.05, 3.63) is 0 Å². The standard InChI is InChI=1S/C74H144O17P2/c1-7-11-13-15-17-19-20-21-22-23-24-25-26-27-28-29-31-40-46-52-58-73(78)90-69(63-85-72(77)57-51-45-39-34-32-36-42-48-54-66(5)9-3)64-88-92(80,81)86-60-68(75)61-87-93(82,83)89-65-70(62-84-71(76)56-50-44-38-30-18-16-14-12-8-2)91-74(79)59-53-47-41-35-33-37-43-49-55-67(6)10-4/h66-70,75H,7-65H2,1-6H3,(H,80,81)(H,82,83)/t66?,67?,68-,69-,70-/m1/s1. The third-order valence-electron chi connectivity index (χ3n) is 17.9. The number of esters is 4. The highest BCUT2D eigenvalue weighted by molar-refractivity contribution is 7.47. The minimum absolute atomic E-state index is 0.105. The number of phosphoric ester groups is 2. The fourth-order valence-electron chi connectivity index (χ4n) is 11.2. The average molecular weight is 1370 g/mol. The summed E-state index contributed by atoms with van der Waals surface area (Å²) in [6, 6.07) is 0. The lowest BCUT2D eigenvalue weighted by molar-refractivity contribution is -0.161. The summed E-state index contributed by atoms with van der Waals surface area (Å²) in [5.41, 5.74) is 0. The molecular weight excluding hydrogens is 1220 g/mol. The van der Waals surface area contributed by atoms with Crippen molar-refractivity contribution in [2.75, 3.05) is 39.6 Å². The Balaban J connectivity index is 5.20. The van der Waals surface area contributed by atoms with Crippen LogP contribution in [0.3, 0.4) is 0 Å². The Labute approximate surface area is 568 Å². The van der Waals surface area contributed by atoms with E-state index in [2.05, 4.69) is 41.5 Å². The van der Waals surface area contributed by atoms with Crippen molar-refractivity contribution in [3.63, 3.8) is 0 Å². The number of unbranched alkanes of at least 4 members (excludes halogenated alkanes) is 41. The summed E-state index contributed by atoms with van der Waals surface area (Å²) in [5, 5.41) is 10.6. The van der Waals surface area contributed by atoms with Crippen molar-refractivity contribution < 1.29 is 80.2 Å². The van der Waals surface area contributed by atoms with Crippen LogP contribution in [0.5, 0.6) is 0 Å². The molecular formula is C74H144O17P2. The van der Waals surface area contributed by atoms with E-state index in [9.17, 15) is 43.2 Å². The molecule has 0 saturated carbocycles. The van der Waals surface area contributed by atoms with Gasteiger partial charge in [-0.05, 0) is 37.5 Å². The molecule has 0 bridgehead atoms. The lowest BCUT2D eigenvalue weighted by atomic mass is 9.99. The number of aliphatic hydroxyl groups is 1. The van der Waals surface area contributed by atoms with Crippen molar-refractivity contribution in [1.29, 1.82) is 0 Å². The van der Waals surface area contributed by atoms with Crippen molar-refractivity contribution in [3.8, 4) is 0 Å². The van der Waals surface area contributed by atoms with Gasteiger partial charge >= 0.3 is 39.5 Å². The van der Waals surface area contributed by atoms with E-state index in [1.54, 1.807) is 0 Å². The maximum absolute atomic E-state index is 13.1. The fourth-order valence-corrected chi connectivity index (χ4v) is 12.8. The van der Waals surface area contributed by atoms with Crippen molar-refractivity contribution in [2.45, 2.75) is 400 Å². The van der Waals surface area contributed by atoms with E-state index in [0.29, 0.717) is 25.7 Å². The van der Waals surface area contributed by atoms with Gasteiger partial charge in [-0.1, -0.05) is 330 Å². The lowest BCUT2D eigenvalue weighted by Crippen LogP contribution is -2.30. The highest BCUT2D eigenvalue weighted by atomic mass is 31.2. The first kappa shape index (κ1) is 91.1. The molecule has 0 rings (SSSR count). The van der Waals surface area contributed by atoms with Gasteiger partial charge in [0.25, 0.3) is 0 Å². The monoisotopic (exact) mass is 1370 g/mol. The van der Waals surface area contributed by atoms with E-state index in [4.69, 9.17) is 37.0 Å². The third-order valence-corrected chi connectivity index (χ3v) is 19.8. The summed E-state index contributed by atoms with van der Waals surface area (Å²) in [5.74, 6) is -0.575. The van der Waals surface area contributed by atoms with Crippen LogP contribution < -0.4 is 0 Å². The summed E-state index contributed by atoms with van der Waals surface area (Å²) in [6.45, 7) is 9.56. The van der Waals surface area contributed by atoms with E-state index in [0.717, 1.165) is 102 Å². The van der Waals surface area contributed by atoms with Gasteiger partial charge in [0.05, 0.1) is 26.4 Å². The molecule has 0 aromatic heterocycles. The van der Waals surface area contributed by atoms with Crippen LogP contribution in [0, 0.1) is 11.8 Å². The molecule has 19 heteroatoms. The zero-order valence-electron chi connectivity index (χ0n) is 60.6. The summed E-state index contributed by atoms with van der Waals surface area (Å²) < 4.78 is 68.4. The molecule has 0 spiro atoms. The number of hydrogen-bond donors (Lipinski definition) is 3. The van der Waals surface area contributed by atoms with Gasteiger partial charge in [0, 0.05) is 25.7 Å². The molecule has 0 aliphatic rings. The zero-order chi connectivity index (χ0) is 68.6. The topological polar surface area (TPSA) is 237 Å². The predicted octanol–water partition coefficient (Wildman–Crippen LogP) is 21.6. The van der Waals surface area contributed by atoms with Crippen LogP contribution in [0.4, 0.5) is 0 Å². The van der Waals surface area contributed by atoms with Gasteiger partial charge in [-0.3, -0.25) is 37.3 Å². The number of aliphatic hydroxyl groups excluding tert-OH is 1. The van der Waals surface area contributed by atoms with Gasteiger partial charge in [-0.25, -0.2) is 9.13 Å². The van der Waals surface area contributed by atoms with E-state index >= 15 is 0 Å². The van der Waals surface area contributed by atoms with Gasteiger partial charge in [0.15, 0.2) is 12.2 Å².